The van der Waals surface area contributed by atoms with Gasteiger partial charge in [0.1, 0.15) is 11.9 Å². The topological polar surface area (TPSA) is 59.1 Å². The maximum absolute atomic E-state index is 14.1. The van der Waals surface area contributed by atoms with Crippen molar-refractivity contribution in [3.63, 3.8) is 0 Å². The molecule has 4 rings (SSSR count). The van der Waals surface area contributed by atoms with Gasteiger partial charge >= 0.3 is 24.6 Å². The average Bonchev–Trinajstić information content (AvgIpc) is 3.22. The zero-order valence-corrected chi connectivity index (χ0v) is 26.3. The quantitative estimate of drug-likeness (QED) is 0.286. The first-order chi connectivity index (χ1) is 21.4. The monoisotopic (exact) mass is 680 g/mol. The number of benzene rings is 2. The van der Waals surface area contributed by atoms with E-state index in [2.05, 4.69) is 0 Å². The second-order valence-corrected chi connectivity index (χ2v) is 12.6. The summed E-state index contributed by atoms with van der Waals surface area (Å²) in [5.74, 6) is -0.794. The average molecular weight is 681 g/mol. The zero-order valence-electron chi connectivity index (χ0n) is 26.3. The molecule has 15 heteroatoms. The Labute approximate surface area is 265 Å². The Hall–Kier alpha value is -3.91. The lowest BCUT2D eigenvalue weighted by Gasteiger charge is -2.36. The van der Waals surface area contributed by atoms with Crippen LogP contribution in [-0.2, 0) is 28.1 Å². The molecule has 0 unspecified atom stereocenters. The van der Waals surface area contributed by atoms with Crippen LogP contribution in [0.15, 0.2) is 35.9 Å². The van der Waals surface area contributed by atoms with E-state index in [0.29, 0.717) is 42.5 Å². The van der Waals surface area contributed by atoms with Gasteiger partial charge in [-0.3, -0.25) is 9.69 Å². The molecule has 0 radical (unpaired) electrons. The highest BCUT2D eigenvalue weighted by Crippen LogP contribution is 2.49. The minimum absolute atomic E-state index is 0.0147. The van der Waals surface area contributed by atoms with E-state index in [-0.39, 0.29) is 29.3 Å². The van der Waals surface area contributed by atoms with E-state index >= 15 is 0 Å². The second-order valence-electron chi connectivity index (χ2n) is 12.6. The summed E-state index contributed by atoms with van der Waals surface area (Å²) in [5, 5.41) is 0. The third-order valence-electron chi connectivity index (χ3n) is 8.64. The highest BCUT2D eigenvalue weighted by Gasteiger charge is 2.45. The van der Waals surface area contributed by atoms with Gasteiger partial charge in [-0.1, -0.05) is 13.8 Å². The molecular formula is C32H33F9N2O4. The predicted molar refractivity (Wildman–Crippen MR) is 153 cm³/mol. The fourth-order valence-corrected chi connectivity index (χ4v) is 6.05. The summed E-state index contributed by atoms with van der Waals surface area (Å²) in [6.07, 6.45) is -16.3. The van der Waals surface area contributed by atoms with Crippen LogP contribution in [0.5, 0.6) is 5.75 Å². The number of nitrogens with zero attached hydrogens (tertiary/aromatic N) is 2. The minimum atomic E-state index is -5.11. The van der Waals surface area contributed by atoms with Crippen molar-refractivity contribution in [2.45, 2.75) is 77.6 Å². The zero-order chi connectivity index (χ0) is 35.4. The molecular weight excluding hydrogens is 647 g/mol. The van der Waals surface area contributed by atoms with Crippen molar-refractivity contribution in [1.29, 1.82) is 0 Å². The summed E-state index contributed by atoms with van der Waals surface area (Å²) in [7, 11) is 2.39. The number of methoxy groups -OCH3 is 1. The van der Waals surface area contributed by atoms with E-state index < -0.39 is 70.6 Å². The molecule has 2 amide bonds. The van der Waals surface area contributed by atoms with E-state index in [1.165, 1.54) is 32.0 Å². The van der Waals surface area contributed by atoms with Crippen LogP contribution in [0, 0.1) is 5.41 Å². The van der Waals surface area contributed by atoms with Gasteiger partial charge in [0.05, 0.1) is 35.5 Å². The summed E-state index contributed by atoms with van der Waals surface area (Å²) in [5.41, 5.74) is -4.09. The molecule has 1 saturated heterocycles. The van der Waals surface area contributed by atoms with Crippen LogP contribution < -0.4 is 9.64 Å². The van der Waals surface area contributed by atoms with Crippen LogP contribution in [0.25, 0.3) is 5.57 Å². The molecule has 47 heavy (non-hydrogen) atoms. The highest BCUT2D eigenvalue weighted by molar-refractivity contribution is 5.93. The maximum atomic E-state index is 14.1. The predicted octanol–water partition coefficient (Wildman–Crippen LogP) is 9.28. The first kappa shape index (κ1) is 35.9. The molecule has 1 heterocycles. The van der Waals surface area contributed by atoms with Gasteiger partial charge in [0.25, 0.3) is 0 Å². The van der Waals surface area contributed by atoms with E-state index in [4.69, 9.17) is 9.47 Å². The number of carbonyl (C=O) groups is 2. The van der Waals surface area contributed by atoms with Gasteiger partial charge in [0.15, 0.2) is 0 Å². The van der Waals surface area contributed by atoms with Gasteiger partial charge in [-0.2, -0.15) is 39.5 Å². The number of halogens is 9. The van der Waals surface area contributed by atoms with Crippen molar-refractivity contribution >= 4 is 23.3 Å². The third kappa shape index (κ3) is 7.48. The Balaban J connectivity index is 1.82. The highest BCUT2D eigenvalue weighted by atomic mass is 19.4. The van der Waals surface area contributed by atoms with Crippen LogP contribution in [0.1, 0.15) is 80.9 Å². The van der Waals surface area contributed by atoms with Crippen molar-refractivity contribution in [2.75, 3.05) is 25.6 Å². The van der Waals surface area contributed by atoms with Crippen LogP contribution in [0.4, 0.5) is 50.0 Å². The van der Waals surface area contributed by atoms with Gasteiger partial charge < -0.3 is 14.4 Å². The first-order valence-electron chi connectivity index (χ1n) is 14.5. The van der Waals surface area contributed by atoms with Crippen molar-refractivity contribution in [2.24, 2.45) is 5.41 Å². The lowest BCUT2D eigenvalue weighted by atomic mass is 9.72. The number of anilines is 1. The maximum Gasteiger partial charge on any atom is 0.418 e. The molecule has 6 nitrogen and oxygen atoms in total. The number of rotatable bonds is 6. The molecule has 0 spiro atoms. The molecule has 1 aliphatic heterocycles. The molecule has 0 N–H and O–H groups in total. The van der Waals surface area contributed by atoms with E-state index in [0.717, 1.165) is 17.9 Å². The molecule has 0 bridgehead atoms. The first-order valence-corrected chi connectivity index (χ1v) is 14.5. The summed E-state index contributed by atoms with van der Waals surface area (Å²) in [6.45, 7) is 6.24. The van der Waals surface area contributed by atoms with Gasteiger partial charge in [0.2, 0.25) is 5.91 Å². The SMILES string of the molecule is COc1cc(C(F)(F)F)c(N(C)C(C)=O)cc1C1=C(CN2C(=O)O[C@H](c3cc(C(F)(F)F)cc(C(F)(F)F)c3)[C@@H]2C)CC(C)(C)CC1. The lowest BCUT2D eigenvalue weighted by molar-refractivity contribution is -0.143. The van der Waals surface area contributed by atoms with Gasteiger partial charge in [-0.05, 0) is 78.6 Å². The molecule has 2 aromatic rings. The molecule has 258 valence electrons. The largest absolute Gasteiger partial charge is 0.496 e. The molecule has 0 aromatic heterocycles. The van der Waals surface area contributed by atoms with Crippen molar-refractivity contribution < 1.29 is 58.6 Å². The molecule has 2 atom stereocenters. The lowest BCUT2D eigenvalue weighted by Crippen LogP contribution is -2.35. The number of cyclic esters (lactones) is 1. The van der Waals surface area contributed by atoms with Crippen molar-refractivity contribution in [3.8, 4) is 5.75 Å². The van der Waals surface area contributed by atoms with Gasteiger partial charge in [-0.25, -0.2) is 4.79 Å². The van der Waals surface area contributed by atoms with Crippen LogP contribution in [-0.4, -0.2) is 43.6 Å². The fraction of sp³-hybridized carbons (Fsp3) is 0.500. The number of carbonyl (C=O) groups excluding carboxylic acids is 2. The molecule has 1 fully saturated rings. The van der Waals surface area contributed by atoms with Gasteiger partial charge in [-0.15, -0.1) is 0 Å². The second kappa shape index (κ2) is 12.3. The number of amides is 2. The molecule has 2 aliphatic rings. The minimum Gasteiger partial charge on any atom is -0.496 e. The molecule has 0 saturated carbocycles. The molecule has 1 aliphatic carbocycles. The van der Waals surface area contributed by atoms with Gasteiger partial charge in [0, 0.05) is 26.1 Å². The van der Waals surface area contributed by atoms with Crippen molar-refractivity contribution in [1.82, 2.24) is 4.90 Å². The Morgan fingerprint density at radius 2 is 1.55 bits per heavy atom. The Morgan fingerprint density at radius 1 is 0.979 bits per heavy atom. The number of hydrogen-bond donors (Lipinski definition) is 0. The Morgan fingerprint density at radius 3 is 2.04 bits per heavy atom. The smallest absolute Gasteiger partial charge is 0.418 e. The summed E-state index contributed by atoms with van der Waals surface area (Å²) in [4.78, 5) is 27.3. The summed E-state index contributed by atoms with van der Waals surface area (Å²) in [6, 6.07) is 1.98. The Bertz CT molecular complexity index is 1560. The number of alkyl halides is 9. The fourth-order valence-electron chi connectivity index (χ4n) is 6.05. The van der Waals surface area contributed by atoms with Crippen molar-refractivity contribution in [3.05, 3.63) is 63.7 Å². The van der Waals surface area contributed by atoms with E-state index in [9.17, 15) is 49.1 Å². The number of hydrogen-bond acceptors (Lipinski definition) is 4. The summed E-state index contributed by atoms with van der Waals surface area (Å²) < 4.78 is 134. The Kier molecular flexibility index (Phi) is 9.38. The van der Waals surface area contributed by atoms with E-state index in [1.54, 1.807) is 0 Å². The van der Waals surface area contributed by atoms with Crippen LogP contribution >= 0.6 is 0 Å². The number of ether oxygens (including phenoxy) is 2. The normalized spacial score (nSPS) is 20.4. The number of allylic oxidation sites excluding steroid dienone is 1. The van der Waals surface area contributed by atoms with Crippen LogP contribution in [0.3, 0.4) is 0 Å². The van der Waals surface area contributed by atoms with E-state index in [1.807, 2.05) is 13.8 Å². The van der Waals surface area contributed by atoms with Crippen LogP contribution in [0.2, 0.25) is 0 Å². The molecule has 2 aromatic carbocycles. The summed E-state index contributed by atoms with van der Waals surface area (Å²) >= 11 is 0. The standard InChI is InChI=1S/C32H33F9N2O4/c1-16-27(18-9-20(30(33,34)35)11-21(10-18)31(36,37)38)47-28(45)43(16)15-19-14-29(3,4)8-7-22(19)23-12-25(42(5)17(2)44)24(32(39,40)41)13-26(23)46-6/h9-13,16,27H,7-8,14-15H2,1-6H3/t16-,27-/m0/s1. The third-order valence-corrected chi connectivity index (χ3v) is 8.64.